The Hall–Kier alpha value is -4.12. The van der Waals surface area contributed by atoms with Gasteiger partial charge in [0.2, 0.25) is 0 Å². The van der Waals surface area contributed by atoms with E-state index in [4.69, 9.17) is 4.74 Å². The monoisotopic (exact) mass is 436 g/mol. The molecule has 0 spiro atoms. The maximum absolute atomic E-state index is 13.1. The van der Waals surface area contributed by atoms with Crippen LogP contribution >= 0.6 is 0 Å². The average Bonchev–Trinajstić information content (AvgIpc) is 3.20. The molecule has 0 amide bonds. The predicted molar refractivity (Wildman–Crippen MR) is 132 cm³/mol. The molecule has 0 bridgehead atoms. The Balaban J connectivity index is 1.76. The first-order chi connectivity index (χ1) is 16.0. The van der Waals surface area contributed by atoms with Gasteiger partial charge in [-0.3, -0.25) is 4.79 Å². The van der Waals surface area contributed by atoms with Gasteiger partial charge >= 0.3 is 5.97 Å². The summed E-state index contributed by atoms with van der Waals surface area (Å²) >= 11 is 0. The lowest BCUT2D eigenvalue weighted by Gasteiger charge is -2.13. The molecule has 164 valence electrons. The van der Waals surface area contributed by atoms with Crippen LogP contribution in [0.5, 0.6) is 0 Å². The summed E-state index contributed by atoms with van der Waals surface area (Å²) < 4.78 is 7.28. The van der Waals surface area contributed by atoms with Gasteiger partial charge in [-0.2, -0.15) is 0 Å². The lowest BCUT2D eigenvalue weighted by atomic mass is 10.0. The van der Waals surface area contributed by atoms with Gasteiger partial charge in [0.15, 0.2) is 0 Å². The summed E-state index contributed by atoms with van der Waals surface area (Å²) in [6, 6.07) is 25.5. The van der Waals surface area contributed by atoms with Crippen LogP contribution in [0.15, 0.2) is 83.7 Å². The topological polar surface area (TPSA) is 64.1 Å². The van der Waals surface area contributed by atoms with Gasteiger partial charge in [0, 0.05) is 22.9 Å². The van der Waals surface area contributed by atoms with E-state index < -0.39 is 0 Å². The van der Waals surface area contributed by atoms with E-state index in [1.807, 2.05) is 66.1 Å². The molecule has 5 nitrogen and oxygen atoms in total. The number of carbonyl (C=O) groups is 1. The Morgan fingerprint density at radius 3 is 2.39 bits per heavy atom. The lowest BCUT2D eigenvalue weighted by Crippen LogP contribution is -2.14. The summed E-state index contributed by atoms with van der Waals surface area (Å²) in [6.07, 6.45) is 0. The Morgan fingerprint density at radius 2 is 1.67 bits per heavy atom. The number of benzene rings is 3. The standard InChI is InChI=1S/C28H24N2O3/c1-3-33-28(32)24-16-22-14-13-21-15-23(20-7-5-4-6-8-20)27(31)29-25(21)26(22)30(24)17-19-11-9-18(2)10-12-19/h4-16H,3,17H2,1-2H3,(H,29,31). The van der Waals surface area contributed by atoms with Gasteiger partial charge in [0.05, 0.1) is 17.6 Å². The van der Waals surface area contributed by atoms with Crippen LogP contribution in [0.2, 0.25) is 0 Å². The zero-order valence-corrected chi connectivity index (χ0v) is 18.6. The normalized spacial score (nSPS) is 11.2. The third-order valence-electron chi connectivity index (χ3n) is 5.91. The van der Waals surface area contributed by atoms with E-state index in [-0.39, 0.29) is 11.5 Å². The SMILES string of the molecule is CCOC(=O)c1cc2ccc3cc(-c4ccccc4)c(=O)[nH]c3c2n1Cc1ccc(C)cc1. The molecule has 5 heteroatoms. The highest BCUT2D eigenvalue weighted by atomic mass is 16.5. The van der Waals surface area contributed by atoms with Crippen molar-refractivity contribution in [3.8, 4) is 11.1 Å². The van der Waals surface area contributed by atoms with Gasteiger partial charge in [-0.05, 0) is 37.1 Å². The first-order valence-corrected chi connectivity index (χ1v) is 11.0. The van der Waals surface area contributed by atoms with E-state index in [2.05, 4.69) is 29.2 Å². The van der Waals surface area contributed by atoms with Crippen LogP contribution in [0, 0.1) is 6.92 Å². The zero-order chi connectivity index (χ0) is 22.9. The molecule has 0 radical (unpaired) electrons. The minimum atomic E-state index is -0.378. The Morgan fingerprint density at radius 1 is 0.939 bits per heavy atom. The molecule has 2 aromatic heterocycles. The van der Waals surface area contributed by atoms with E-state index in [1.54, 1.807) is 6.92 Å². The number of fused-ring (bicyclic) bond motifs is 3. The quantitative estimate of drug-likeness (QED) is 0.360. The van der Waals surface area contributed by atoms with Crippen molar-refractivity contribution in [1.29, 1.82) is 0 Å². The van der Waals surface area contributed by atoms with E-state index >= 15 is 0 Å². The number of nitrogens with one attached hydrogen (secondary N) is 1. The summed E-state index contributed by atoms with van der Waals surface area (Å²) in [6.45, 7) is 4.62. The summed E-state index contributed by atoms with van der Waals surface area (Å²) in [5.74, 6) is -0.378. The molecule has 0 unspecified atom stereocenters. The first-order valence-electron chi connectivity index (χ1n) is 11.0. The highest BCUT2D eigenvalue weighted by molar-refractivity contribution is 6.07. The summed E-state index contributed by atoms with van der Waals surface area (Å²) in [5.41, 5.74) is 5.53. The highest BCUT2D eigenvalue weighted by Gasteiger charge is 2.20. The highest BCUT2D eigenvalue weighted by Crippen LogP contribution is 2.30. The Kier molecular flexibility index (Phi) is 5.31. The van der Waals surface area contributed by atoms with Crippen LogP contribution in [-0.2, 0) is 11.3 Å². The second-order valence-corrected chi connectivity index (χ2v) is 8.17. The maximum atomic E-state index is 13.1. The van der Waals surface area contributed by atoms with Gasteiger partial charge < -0.3 is 14.3 Å². The van der Waals surface area contributed by atoms with Crippen LogP contribution in [0.25, 0.3) is 32.9 Å². The van der Waals surface area contributed by atoms with Crippen molar-refractivity contribution >= 4 is 27.8 Å². The van der Waals surface area contributed by atoms with Crippen molar-refractivity contribution in [2.45, 2.75) is 20.4 Å². The molecule has 0 aliphatic heterocycles. The van der Waals surface area contributed by atoms with Crippen LogP contribution in [0.4, 0.5) is 0 Å². The summed E-state index contributed by atoms with van der Waals surface area (Å²) in [5, 5.41) is 1.78. The number of ether oxygens (including phenoxy) is 1. The summed E-state index contributed by atoms with van der Waals surface area (Å²) in [7, 11) is 0. The van der Waals surface area contributed by atoms with Gasteiger partial charge in [-0.25, -0.2) is 4.79 Å². The summed E-state index contributed by atoms with van der Waals surface area (Å²) in [4.78, 5) is 29.0. The Labute approximate surface area is 191 Å². The molecule has 5 rings (SSSR count). The molecule has 1 N–H and O–H groups in total. The number of aromatic amines is 1. The number of aromatic nitrogens is 2. The second-order valence-electron chi connectivity index (χ2n) is 8.17. The molecule has 5 aromatic rings. The molecule has 0 atom stereocenters. The van der Waals surface area contributed by atoms with Crippen molar-refractivity contribution in [3.05, 3.63) is 106 Å². The number of aryl methyl sites for hydroxylation is 1. The molecular formula is C28H24N2O3. The van der Waals surface area contributed by atoms with E-state index in [0.717, 1.165) is 27.4 Å². The van der Waals surface area contributed by atoms with Crippen LogP contribution in [-0.4, -0.2) is 22.1 Å². The van der Waals surface area contributed by atoms with Gasteiger partial charge in [0.25, 0.3) is 5.56 Å². The smallest absolute Gasteiger partial charge is 0.354 e. The molecule has 0 aliphatic carbocycles. The average molecular weight is 437 g/mol. The van der Waals surface area contributed by atoms with Crippen molar-refractivity contribution in [1.82, 2.24) is 9.55 Å². The molecule has 0 saturated heterocycles. The van der Waals surface area contributed by atoms with Gasteiger partial charge in [-0.1, -0.05) is 72.3 Å². The van der Waals surface area contributed by atoms with Crippen molar-refractivity contribution < 1.29 is 9.53 Å². The van der Waals surface area contributed by atoms with Gasteiger partial charge in [0.1, 0.15) is 5.69 Å². The molecule has 0 aliphatic rings. The minimum Gasteiger partial charge on any atom is -0.461 e. The number of hydrogen-bond donors (Lipinski definition) is 1. The number of esters is 1. The van der Waals surface area contributed by atoms with E-state index in [1.165, 1.54) is 5.56 Å². The predicted octanol–water partition coefficient (Wildman–Crippen LogP) is 5.68. The van der Waals surface area contributed by atoms with Crippen molar-refractivity contribution in [2.75, 3.05) is 6.61 Å². The van der Waals surface area contributed by atoms with Crippen LogP contribution in [0.1, 0.15) is 28.5 Å². The third-order valence-corrected chi connectivity index (χ3v) is 5.91. The fourth-order valence-electron chi connectivity index (χ4n) is 4.28. The number of pyridine rings is 1. The molecule has 0 saturated carbocycles. The van der Waals surface area contributed by atoms with Gasteiger partial charge in [-0.15, -0.1) is 0 Å². The molecule has 3 aromatic carbocycles. The number of carbonyl (C=O) groups excluding carboxylic acids is 1. The molecule has 2 heterocycles. The number of hydrogen-bond acceptors (Lipinski definition) is 3. The van der Waals surface area contributed by atoms with Crippen LogP contribution in [0.3, 0.4) is 0 Å². The third kappa shape index (κ3) is 3.82. The minimum absolute atomic E-state index is 0.165. The molecule has 33 heavy (non-hydrogen) atoms. The first kappa shape index (κ1) is 20.8. The fraction of sp³-hybridized carbons (Fsp3) is 0.143. The second kappa shape index (κ2) is 8.43. The van der Waals surface area contributed by atoms with E-state index in [0.29, 0.717) is 29.9 Å². The maximum Gasteiger partial charge on any atom is 0.354 e. The lowest BCUT2D eigenvalue weighted by molar-refractivity contribution is 0.0515. The number of H-pyrrole nitrogens is 1. The Bertz CT molecular complexity index is 1530. The zero-order valence-electron chi connectivity index (χ0n) is 18.6. The molecular weight excluding hydrogens is 412 g/mol. The number of nitrogens with zero attached hydrogens (tertiary/aromatic N) is 1. The largest absolute Gasteiger partial charge is 0.461 e. The van der Waals surface area contributed by atoms with Crippen LogP contribution < -0.4 is 5.56 Å². The fourth-order valence-corrected chi connectivity index (χ4v) is 4.28. The van der Waals surface area contributed by atoms with E-state index in [9.17, 15) is 9.59 Å². The van der Waals surface area contributed by atoms with Crippen molar-refractivity contribution in [3.63, 3.8) is 0 Å². The van der Waals surface area contributed by atoms with Crippen molar-refractivity contribution in [2.24, 2.45) is 0 Å². The molecule has 0 fully saturated rings. The number of rotatable bonds is 5.